The van der Waals surface area contributed by atoms with E-state index in [4.69, 9.17) is 0 Å². The molecule has 0 aliphatic heterocycles. The summed E-state index contributed by atoms with van der Waals surface area (Å²) in [4.78, 5) is 12.6. The summed E-state index contributed by atoms with van der Waals surface area (Å²) < 4.78 is 0. The Morgan fingerprint density at radius 1 is 1.53 bits per heavy atom. The lowest BCUT2D eigenvalue weighted by molar-refractivity contribution is 0.0946. The van der Waals surface area contributed by atoms with Gasteiger partial charge < -0.3 is 5.32 Å². The largest absolute Gasteiger partial charge is 0.349 e. The SMILES string of the molecule is CCC1CC1NC(=O)c1ccccc1S. The molecule has 2 nitrogen and oxygen atoms in total. The number of nitrogens with one attached hydrogen (secondary N) is 1. The van der Waals surface area contributed by atoms with Crippen LogP contribution in [-0.2, 0) is 0 Å². The summed E-state index contributed by atoms with van der Waals surface area (Å²) in [6, 6.07) is 7.77. The van der Waals surface area contributed by atoms with E-state index in [1.165, 1.54) is 0 Å². The molecule has 1 saturated carbocycles. The molecule has 1 aromatic carbocycles. The highest BCUT2D eigenvalue weighted by Crippen LogP contribution is 2.33. The van der Waals surface area contributed by atoms with Gasteiger partial charge in [-0.05, 0) is 24.5 Å². The van der Waals surface area contributed by atoms with Crippen molar-refractivity contribution in [2.45, 2.75) is 30.7 Å². The highest BCUT2D eigenvalue weighted by Gasteiger charge is 2.36. The summed E-state index contributed by atoms with van der Waals surface area (Å²) in [6.07, 6.45) is 2.27. The van der Waals surface area contributed by atoms with E-state index in [1.54, 1.807) is 6.07 Å². The van der Waals surface area contributed by atoms with E-state index >= 15 is 0 Å². The van der Waals surface area contributed by atoms with Crippen LogP contribution < -0.4 is 5.32 Å². The Morgan fingerprint density at radius 3 is 2.87 bits per heavy atom. The van der Waals surface area contributed by atoms with E-state index in [0.717, 1.165) is 17.7 Å². The lowest BCUT2D eigenvalue weighted by atomic mass is 10.2. The second kappa shape index (κ2) is 4.27. The van der Waals surface area contributed by atoms with Crippen molar-refractivity contribution in [1.82, 2.24) is 5.32 Å². The molecule has 0 spiro atoms. The predicted octanol–water partition coefficient (Wildman–Crippen LogP) is 2.50. The molecule has 80 valence electrons. The molecule has 2 unspecified atom stereocenters. The molecule has 0 bridgehead atoms. The summed E-state index contributed by atoms with van der Waals surface area (Å²) in [5, 5.41) is 3.02. The number of benzene rings is 1. The van der Waals surface area contributed by atoms with Gasteiger partial charge in [0.05, 0.1) is 5.56 Å². The molecule has 0 saturated heterocycles. The van der Waals surface area contributed by atoms with Crippen LogP contribution in [0.4, 0.5) is 0 Å². The lowest BCUT2D eigenvalue weighted by Gasteiger charge is -2.05. The van der Waals surface area contributed by atoms with Gasteiger partial charge in [0.15, 0.2) is 0 Å². The van der Waals surface area contributed by atoms with Gasteiger partial charge in [0.2, 0.25) is 0 Å². The van der Waals surface area contributed by atoms with Crippen LogP contribution in [0.3, 0.4) is 0 Å². The Morgan fingerprint density at radius 2 is 2.27 bits per heavy atom. The minimum absolute atomic E-state index is 0.00144. The van der Waals surface area contributed by atoms with E-state index in [2.05, 4.69) is 24.9 Å². The first-order chi connectivity index (χ1) is 7.22. The Balaban J connectivity index is 2.00. The molecular weight excluding hydrogens is 206 g/mol. The predicted molar refractivity (Wildman–Crippen MR) is 63.3 cm³/mol. The number of thiol groups is 1. The highest BCUT2D eigenvalue weighted by molar-refractivity contribution is 7.80. The molecule has 1 N–H and O–H groups in total. The third-order valence-corrected chi connectivity index (χ3v) is 3.30. The molecule has 2 atom stereocenters. The summed E-state index contributed by atoms with van der Waals surface area (Å²) in [5.74, 6) is 0.683. The van der Waals surface area contributed by atoms with Gasteiger partial charge in [0, 0.05) is 10.9 Å². The van der Waals surface area contributed by atoms with Crippen LogP contribution in [0.15, 0.2) is 29.2 Å². The molecule has 3 heteroatoms. The molecule has 15 heavy (non-hydrogen) atoms. The summed E-state index contributed by atoms with van der Waals surface area (Å²) in [5.41, 5.74) is 0.669. The molecule has 1 aliphatic carbocycles. The van der Waals surface area contributed by atoms with Crippen LogP contribution in [0.2, 0.25) is 0 Å². The van der Waals surface area contributed by atoms with Gasteiger partial charge in [-0.25, -0.2) is 0 Å². The molecular formula is C12H15NOS. The monoisotopic (exact) mass is 221 g/mol. The lowest BCUT2D eigenvalue weighted by Crippen LogP contribution is -2.27. The molecule has 1 aromatic rings. The minimum atomic E-state index is 0.00144. The van der Waals surface area contributed by atoms with Crippen molar-refractivity contribution >= 4 is 18.5 Å². The van der Waals surface area contributed by atoms with Crippen LogP contribution >= 0.6 is 12.6 Å². The van der Waals surface area contributed by atoms with Gasteiger partial charge in [-0.3, -0.25) is 4.79 Å². The summed E-state index contributed by atoms with van der Waals surface area (Å²) in [7, 11) is 0. The fourth-order valence-corrected chi connectivity index (χ4v) is 2.05. The Bertz CT molecular complexity index is 378. The minimum Gasteiger partial charge on any atom is -0.349 e. The average molecular weight is 221 g/mol. The van der Waals surface area contributed by atoms with Gasteiger partial charge in [0.25, 0.3) is 5.91 Å². The van der Waals surface area contributed by atoms with Crippen LogP contribution in [0.5, 0.6) is 0 Å². The van der Waals surface area contributed by atoms with Crippen molar-refractivity contribution in [1.29, 1.82) is 0 Å². The van der Waals surface area contributed by atoms with Crippen LogP contribution in [0.25, 0.3) is 0 Å². The molecule has 1 fully saturated rings. The number of rotatable bonds is 3. The normalized spacial score (nSPS) is 23.6. The molecule has 1 amide bonds. The standard InChI is InChI=1S/C12H15NOS/c1-2-8-7-10(8)13-12(14)9-5-3-4-6-11(9)15/h3-6,8,10,15H,2,7H2,1H3,(H,13,14). The second-order valence-corrected chi connectivity index (χ2v) is 4.48. The first-order valence-corrected chi connectivity index (χ1v) is 5.76. The van der Waals surface area contributed by atoms with Crippen molar-refractivity contribution in [3.8, 4) is 0 Å². The number of carbonyl (C=O) groups is 1. The maximum atomic E-state index is 11.8. The Labute approximate surface area is 95.5 Å². The molecule has 0 aromatic heterocycles. The molecule has 1 aliphatic rings. The first kappa shape index (κ1) is 10.6. The van der Waals surface area contributed by atoms with Crippen molar-refractivity contribution in [2.75, 3.05) is 0 Å². The maximum absolute atomic E-state index is 11.8. The zero-order chi connectivity index (χ0) is 10.8. The van der Waals surface area contributed by atoms with Crippen molar-refractivity contribution in [3.05, 3.63) is 29.8 Å². The zero-order valence-corrected chi connectivity index (χ0v) is 9.63. The number of hydrogen-bond donors (Lipinski definition) is 2. The third-order valence-electron chi connectivity index (χ3n) is 2.91. The number of amides is 1. The van der Waals surface area contributed by atoms with Crippen molar-refractivity contribution in [3.63, 3.8) is 0 Å². The average Bonchev–Trinajstić information content (AvgIpc) is 2.97. The maximum Gasteiger partial charge on any atom is 0.252 e. The van der Waals surface area contributed by atoms with Crippen molar-refractivity contribution < 1.29 is 4.79 Å². The summed E-state index contributed by atoms with van der Waals surface area (Å²) in [6.45, 7) is 2.16. The Hall–Kier alpha value is -0.960. The van der Waals surface area contributed by atoms with Gasteiger partial charge in [-0.2, -0.15) is 0 Å². The van der Waals surface area contributed by atoms with Gasteiger partial charge in [-0.15, -0.1) is 12.6 Å². The Kier molecular flexibility index (Phi) is 3.00. The number of carbonyl (C=O) groups excluding carboxylic acids is 1. The van der Waals surface area contributed by atoms with Crippen molar-refractivity contribution in [2.24, 2.45) is 5.92 Å². The van der Waals surface area contributed by atoms with Crippen LogP contribution in [0.1, 0.15) is 30.1 Å². The zero-order valence-electron chi connectivity index (χ0n) is 8.73. The van der Waals surface area contributed by atoms with Gasteiger partial charge in [0.1, 0.15) is 0 Å². The third kappa shape index (κ3) is 2.34. The number of hydrogen-bond acceptors (Lipinski definition) is 2. The molecule has 0 heterocycles. The fraction of sp³-hybridized carbons (Fsp3) is 0.417. The topological polar surface area (TPSA) is 29.1 Å². The first-order valence-electron chi connectivity index (χ1n) is 5.31. The van der Waals surface area contributed by atoms with Crippen LogP contribution in [-0.4, -0.2) is 11.9 Å². The second-order valence-electron chi connectivity index (χ2n) is 4.00. The molecule has 0 radical (unpaired) electrons. The smallest absolute Gasteiger partial charge is 0.252 e. The molecule has 2 rings (SSSR count). The van der Waals surface area contributed by atoms with E-state index in [0.29, 0.717) is 17.5 Å². The van der Waals surface area contributed by atoms with E-state index < -0.39 is 0 Å². The van der Waals surface area contributed by atoms with E-state index in [-0.39, 0.29) is 5.91 Å². The summed E-state index contributed by atoms with van der Waals surface area (Å²) >= 11 is 4.26. The fourth-order valence-electron chi connectivity index (χ4n) is 1.79. The van der Waals surface area contributed by atoms with Gasteiger partial charge >= 0.3 is 0 Å². The quantitative estimate of drug-likeness (QED) is 0.754. The van der Waals surface area contributed by atoms with E-state index in [9.17, 15) is 4.79 Å². The highest BCUT2D eigenvalue weighted by atomic mass is 32.1. The van der Waals surface area contributed by atoms with E-state index in [1.807, 2.05) is 18.2 Å². The van der Waals surface area contributed by atoms with Gasteiger partial charge in [-0.1, -0.05) is 25.5 Å². The van der Waals surface area contributed by atoms with Crippen LogP contribution in [0, 0.1) is 5.92 Å².